The zero-order valence-electron chi connectivity index (χ0n) is 13.7. The summed E-state index contributed by atoms with van der Waals surface area (Å²) < 4.78 is 79.3. The number of carbonyl (C=O) groups is 1. The zero-order chi connectivity index (χ0) is 20.6. The largest absolute Gasteiger partial charge is 0.435 e. The third kappa shape index (κ3) is 4.95. The predicted octanol–water partition coefficient (Wildman–Crippen LogP) is 3.48. The molecular formula is C15H14F6N4OS. The van der Waals surface area contributed by atoms with Gasteiger partial charge in [-0.15, -0.1) is 0 Å². The summed E-state index contributed by atoms with van der Waals surface area (Å²) in [6, 6.07) is 2.67. The Balaban J connectivity index is 2.53. The number of benzene rings is 1. The fourth-order valence-corrected chi connectivity index (χ4v) is 3.44. The maximum Gasteiger partial charge on any atom is 0.435 e. The first-order valence-electron chi connectivity index (χ1n) is 7.33. The molecule has 5 nitrogen and oxygen atoms in total. The van der Waals surface area contributed by atoms with E-state index in [0.29, 0.717) is 11.8 Å². The smallest absolute Gasteiger partial charge is 0.370 e. The van der Waals surface area contributed by atoms with Crippen LogP contribution in [0.4, 0.5) is 26.3 Å². The van der Waals surface area contributed by atoms with Gasteiger partial charge in [0, 0.05) is 30.0 Å². The van der Waals surface area contributed by atoms with E-state index >= 15 is 0 Å². The molecule has 27 heavy (non-hydrogen) atoms. The van der Waals surface area contributed by atoms with Gasteiger partial charge >= 0.3 is 12.4 Å². The number of amides is 1. The van der Waals surface area contributed by atoms with Crippen LogP contribution in [0.2, 0.25) is 0 Å². The topological polar surface area (TPSA) is 86.9 Å². The lowest BCUT2D eigenvalue weighted by Crippen LogP contribution is -2.23. The molecule has 0 aliphatic carbocycles. The van der Waals surface area contributed by atoms with E-state index in [1.54, 1.807) is 0 Å². The fraction of sp³-hybridized carbons (Fsp3) is 0.333. The summed E-state index contributed by atoms with van der Waals surface area (Å²) in [5, 5.41) is 3.26. The summed E-state index contributed by atoms with van der Waals surface area (Å²) in [6.07, 6.45) is -10.1. The number of primary amides is 1. The molecule has 0 saturated carbocycles. The van der Waals surface area contributed by atoms with Crippen molar-refractivity contribution in [2.75, 3.05) is 0 Å². The first kappa shape index (κ1) is 21.1. The number of halogens is 6. The van der Waals surface area contributed by atoms with Gasteiger partial charge in [-0.2, -0.15) is 31.4 Å². The van der Waals surface area contributed by atoms with E-state index in [2.05, 4.69) is 5.10 Å². The Labute approximate surface area is 153 Å². The summed E-state index contributed by atoms with van der Waals surface area (Å²) in [5.41, 5.74) is 7.96. The van der Waals surface area contributed by atoms with E-state index in [1.165, 1.54) is 13.1 Å². The van der Waals surface area contributed by atoms with E-state index in [4.69, 9.17) is 11.5 Å². The van der Waals surface area contributed by atoms with E-state index in [-0.39, 0.29) is 9.92 Å². The number of nitrogens with zero attached hydrogens (tertiary/aromatic N) is 2. The molecule has 1 atom stereocenters. The van der Waals surface area contributed by atoms with Crippen molar-refractivity contribution in [2.45, 2.75) is 34.7 Å². The molecule has 0 aliphatic heterocycles. The molecule has 0 fully saturated rings. The number of hydrogen-bond donors (Lipinski definition) is 2. The molecule has 148 valence electrons. The average molecular weight is 412 g/mol. The van der Waals surface area contributed by atoms with Gasteiger partial charge in [0.05, 0.1) is 5.56 Å². The van der Waals surface area contributed by atoms with Crippen molar-refractivity contribution in [3.05, 3.63) is 41.1 Å². The minimum absolute atomic E-state index is 0.0362. The minimum Gasteiger partial charge on any atom is -0.370 e. The van der Waals surface area contributed by atoms with Gasteiger partial charge in [-0.05, 0) is 18.2 Å². The molecule has 0 radical (unpaired) electrons. The van der Waals surface area contributed by atoms with E-state index < -0.39 is 47.5 Å². The Morgan fingerprint density at radius 3 is 2.37 bits per heavy atom. The lowest BCUT2D eigenvalue weighted by Gasteiger charge is -2.15. The standard InChI is InChI=1S/C15H14F6N4OS/c1-25-13(27-8-4-2-3-7(5-8)14(16,17)18)11(9(22)6-10(23)26)12(24-25)15(19,20)21/h2-5,9H,6,22H2,1H3,(H2,23,26). The number of alkyl halides is 6. The van der Waals surface area contributed by atoms with Crippen LogP contribution in [-0.2, 0) is 24.2 Å². The SMILES string of the molecule is Cn1nc(C(F)(F)F)c(C(N)CC(N)=O)c1Sc1cccc(C(F)(F)F)c1. The van der Waals surface area contributed by atoms with Crippen LogP contribution in [0, 0.1) is 0 Å². The van der Waals surface area contributed by atoms with Crippen LogP contribution in [0.25, 0.3) is 0 Å². The van der Waals surface area contributed by atoms with Crippen LogP contribution in [0.3, 0.4) is 0 Å². The predicted molar refractivity (Wildman–Crippen MR) is 84.5 cm³/mol. The minimum atomic E-state index is -4.87. The molecule has 12 heteroatoms. The second kappa shape index (κ2) is 7.43. The third-order valence-corrected chi connectivity index (χ3v) is 4.63. The maximum absolute atomic E-state index is 13.3. The number of aromatic nitrogens is 2. The van der Waals surface area contributed by atoms with Crippen molar-refractivity contribution in [1.29, 1.82) is 0 Å². The zero-order valence-corrected chi connectivity index (χ0v) is 14.5. The maximum atomic E-state index is 13.3. The summed E-state index contributed by atoms with van der Waals surface area (Å²) in [5.74, 6) is -0.922. The van der Waals surface area contributed by atoms with Crippen LogP contribution in [-0.4, -0.2) is 15.7 Å². The Hall–Kier alpha value is -2.21. The van der Waals surface area contributed by atoms with E-state index in [9.17, 15) is 31.1 Å². The average Bonchev–Trinajstić information content (AvgIpc) is 2.83. The molecule has 4 N–H and O–H groups in total. The van der Waals surface area contributed by atoms with Gasteiger partial charge in [0.15, 0.2) is 5.69 Å². The summed E-state index contributed by atoms with van der Waals surface area (Å²) >= 11 is 0.632. The second-order valence-electron chi connectivity index (χ2n) is 5.59. The van der Waals surface area contributed by atoms with Gasteiger partial charge in [0.25, 0.3) is 0 Å². The molecule has 0 spiro atoms. The summed E-state index contributed by atoms with van der Waals surface area (Å²) in [4.78, 5) is 11.1. The second-order valence-corrected chi connectivity index (χ2v) is 6.66. The van der Waals surface area contributed by atoms with Crippen molar-refractivity contribution in [2.24, 2.45) is 18.5 Å². The highest BCUT2D eigenvalue weighted by Crippen LogP contribution is 2.42. The molecule has 1 aromatic heterocycles. The van der Waals surface area contributed by atoms with Gasteiger partial charge in [0.2, 0.25) is 5.91 Å². The number of carbonyl (C=O) groups excluding carboxylic acids is 1. The molecule has 2 aromatic rings. The van der Waals surface area contributed by atoms with Crippen LogP contribution in [0.15, 0.2) is 34.2 Å². The molecule has 0 aliphatic rings. The van der Waals surface area contributed by atoms with Crippen LogP contribution >= 0.6 is 11.8 Å². The van der Waals surface area contributed by atoms with Gasteiger partial charge in [-0.25, -0.2) is 0 Å². The number of rotatable bonds is 5. The normalized spacial score (nSPS) is 13.6. The quantitative estimate of drug-likeness (QED) is 0.737. The van der Waals surface area contributed by atoms with Crippen LogP contribution < -0.4 is 11.5 Å². The van der Waals surface area contributed by atoms with Crippen molar-refractivity contribution < 1.29 is 31.1 Å². The lowest BCUT2D eigenvalue weighted by molar-refractivity contribution is -0.142. The van der Waals surface area contributed by atoms with Crippen molar-refractivity contribution in [3.63, 3.8) is 0 Å². The molecule has 2 rings (SSSR count). The van der Waals surface area contributed by atoms with Crippen molar-refractivity contribution >= 4 is 17.7 Å². The van der Waals surface area contributed by atoms with Gasteiger partial charge < -0.3 is 11.5 Å². The monoisotopic (exact) mass is 412 g/mol. The van der Waals surface area contributed by atoms with Crippen LogP contribution in [0.1, 0.15) is 29.3 Å². The number of nitrogens with two attached hydrogens (primary N) is 2. The fourth-order valence-electron chi connectivity index (χ4n) is 2.36. The Morgan fingerprint density at radius 1 is 1.22 bits per heavy atom. The first-order chi connectivity index (χ1) is 12.3. The van der Waals surface area contributed by atoms with Gasteiger partial charge in [0.1, 0.15) is 5.03 Å². The van der Waals surface area contributed by atoms with E-state index in [1.807, 2.05) is 0 Å². The molecule has 1 amide bonds. The van der Waals surface area contributed by atoms with Crippen molar-refractivity contribution in [1.82, 2.24) is 9.78 Å². The van der Waals surface area contributed by atoms with E-state index in [0.717, 1.165) is 22.9 Å². The molecular weight excluding hydrogens is 398 g/mol. The lowest BCUT2D eigenvalue weighted by atomic mass is 10.0. The Kier molecular flexibility index (Phi) is 5.80. The summed E-state index contributed by atoms with van der Waals surface area (Å²) in [7, 11) is 1.20. The number of hydrogen-bond acceptors (Lipinski definition) is 4. The molecule has 1 heterocycles. The molecule has 1 aromatic carbocycles. The Bertz CT molecular complexity index is 846. The number of aryl methyl sites for hydroxylation is 1. The van der Waals surface area contributed by atoms with Gasteiger partial charge in [-0.3, -0.25) is 9.48 Å². The highest BCUT2D eigenvalue weighted by Gasteiger charge is 2.41. The molecule has 0 bridgehead atoms. The summed E-state index contributed by atoms with van der Waals surface area (Å²) in [6.45, 7) is 0. The molecule has 0 saturated heterocycles. The Morgan fingerprint density at radius 2 is 1.85 bits per heavy atom. The third-order valence-electron chi connectivity index (χ3n) is 3.47. The van der Waals surface area contributed by atoms with Crippen LogP contribution in [0.5, 0.6) is 0 Å². The van der Waals surface area contributed by atoms with Gasteiger partial charge in [-0.1, -0.05) is 17.8 Å². The highest BCUT2D eigenvalue weighted by atomic mass is 32.2. The first-order valence-corrected chi connectivity index (χ1v) is 8.15. The van der Waals surface area contributed by atoms with Crippen molar-refractivity contribution in [3.8, 4) is 0 Å². The highest BCUT2D eigenvalue weighted by molar-refractivity contribution is 7.99. The molecule has 1 unspecified atom stereocenters.